The minimum Gasteiger partial charge on any atom is -0.481 e. The van der Waals surface area contributed by atoms with Gasteiger partial charge in [-0.25, -0.2) is 0 Å². The van der Waals surface area contributed by atoms with Gasteiger partial charge in [0.25, 0.3) is 5.91 Å². The van der Waals surface area contributed by atoms with Crippen LogP contribution in [0.3, 0.4) is 0 Å². The summed E-state index contributed by atoms with van der Waals surface area (Å²) in [5, 5.41) is 8.64. The van der Waals surface area contributed by atoms with Crippen molar-refractivity contribution in [3.05, 3.63) is 35.3 Å². The summed E-state index contributed by atoms with van der Waals surface area (Å²) in [6, 6.07) is 3.10. The fourth-order valence-corrected chi connectivity index (χ4v) is 4.16. The number of carbonyl (C=O) groups excluding carboxylic acids is 2. The number of hydrogen-bond donors (Lipinski definition) is 1. The molecule has 2 aliphatic rings. The van der Waals surface area contributed by atoms with Crippen LogP contribution in [0.1, 0.15) is 29.8 Å². The predicted octanol–water partition coefficient (Wildman–Crippen LogP) is 1.94. The van der Waals surface area contributed by atoms with E-state index >= 15 is 0 Å². The number of ether oxygens (including phenoxy) is 1. The van der Waals surface area contributed by atoms with Gasteiger partial charge in [-0.3, -0.25) is 14.4 Å². The van der Waals surface area contributed by atoms with E-state index in [-0.39, 0.29) is 23.0 Å². The lowest BCUT2D eigenvalue weighted by Crippen LogP contribution is -2.40. The van der Waals surface area contributed by atoms with Crippen molar-refractivity contribution in [1.29, 1.82) is 0 Å². The minimum atomic E-state index is -1.15. The van der Waals surface area contributed by atoms with Gasteiger partial charge in [0.2, 0.25) is 5.78 Å². The number of amides is 1. The van der Waals surface area contributed by atoms with Crippen LogP contribution in [0, 0.1) is 0 Å². The van der Waals surface area contributed by atoms with Crippen molar-refractivity contribution in [2.45, 2.75) is 30.7 Å². The maximum atomic E-state index is 12.8. The van der Waals surface area contributed by atoms with Crippen LogP contribution >= 0.6 is 11.8 Å². The number of thioether (sulfide) groups is 1. The molecular formula is C17H19NO6S. The van der Waals surface area contributed by atoms with Gasteiger partial charge in [-0.05, 0) is 31.2 Å². The van der Waals surface area contributed by atoms with Crippen molar-refractivity contribution in [2.24, 2.45) is 0 Å². The lowest BCUT2D eigenvalue weighted by molar-refractivity contribution is -0.137. The van der Waals surface area contributed by atoms with Crippen LogP contribution in [0.2, 0.25) is 0 Å². The summed E-state index contributed by atoms with van der Waals surface area (Å²) in [4.78, 5) is 38.4. The Morgan fingerprint density at radius 2 is 2.24 bits per heavy atom. The number of Topliss-reactive ketones (excluding diaryl/α,β-unsaturated/α-hetero) is 1. The molecule has 1 aromatic rings. The Morgan fingerprint density at radius 1 is 1.44 bits per heavy atom. The summed E-state index contributed by atoms with van der Waals surface area (Å²) >= 11 is 1.33. The van der Waals surface area contributed by atoms with Crippen molar-refractivity contribution >= 4 is 29.4 Å². The standard InChI is InChI=1S/C17H19NO6S/c1-25-17-14(15(21)12-5-3-7-24-12)11(8-13(19)20)16(22)18(17)9-10-4-2-6-23-10/h3,5,7,10,17H,2,4,6,8-9H2,1H3,(H,19,20)/t10-,17-/m1/s1. The van der Waals surface area contributed by atoms with Crippen molar-refractivity contribution in [1.82, 2.24) is 4.90 Å². The summed E-state index contributed by atoms with van der Waals surface area (Å²) in [6.45, 7) is 1.01. The first-order chi connectivity index (χ1) is 12.0. The normalized spacial score (nSPS) is 23.6. The van der Waals surface area contributed by atoms with Crippen molar-refractivity contribution in [2.75, 3.05) is 19.4 Å². The molecule has 1 N–H and O–H groups in total. The van der Waals surface area contributed by atoms with Gasteiger partial charge in [-0.2, -0.15) is 0 Å². The van der Waals surface area contributed by atoms with E-state index in [2.05, 4.69) is 0 Å². The van der Waals surface area contributed by atoms with E-state index in [0.717, 1.165) is 12.8 Å². The number of carbonyl (C=O) groups is 3. The summed E-state index contributed by atoms with van der Waals surface area (Å²) in [5.74, 6) is -1.90. The minimum absolute atomic E-state index is 0.0336. The molecule has 1 fully saturated rings. The van der Waals surface area contributed by atoms with Gasteiger partial charge < -0.3 is 19.2 Å². The third-order valence-corrected chi connectivity index (χ3v) is 5.28. The second-order valence-corrected chi connectivity index (χ2v) is 6.87. The number of ketones is 1. The molecule has 0 spiro atoms. The monoisotopic (exact) mass is 365 g/mol. The van der Waals surface area contributed by atoms with Gasteiger partial charge in [-0.1, -0.05) is 0 Å². The van der Waals surface area contributed by atoms with Crippen LogP contribution in [-0.4, -0.2) is 58.6 Å². The SMILES string of the molecule is CS[C@@H]1C(C(=O)c2ccco2)=C(CC(=O)O)C(=O)N1C[C@H]1CCCO1. The highest BCUT2D eigenvalue weighted by Crippen LogP contribution is 2.36. The van der Waals surface area contributed by atoms with Gasteiger partial charge >= 0.3 is 5.97 Å². The quantitative estimate of drug-likeness (QED) is 0.738. The zero-order chi connectivity index (χ0) is 18.0. The molecule has 0 radical (unpaired) electrons. The van der Waals surface area contributed by atoms with E-state index in [4.69, 9.17) is 9.15 Å². The van der Waals surface area contributed by atoms with Crippen LogP contribution in [0.5, 0.6) is 0 Å². The van der Waals surface area contributed by atoms with E-state index < -0.39 is 29.5 Å². The molecule has 3 rings (SSSR count). The molecule has 0 saturated carbocycles. The van der Waals surface area contributed by atoms with E-state index in [1.165, 1.54) is 24.1 Å². The Balaban J connectivity index is 1.95. The maximum absolute atomic E-state index is 12.8. The molecule has 0 aromatic carbocycles. The molecule has 3 heterocycles. The molecule has 8 heteroatoms. The van der Waals surface area contributed by atoms with E-state index in [0.29, 0.717) is 13.2 Å². The van der Waals surface area contributed by atoms with Crippen molar-refractivity contribution < 1.29 is 28.6 Å². The smallest absolute Gasteiger partial charge is 0.308 e. The molecule has 0 unspecified atom stereocenters. The molecule has 1 aromatic heterocycles. The molecule has 2 atom stereocenters. The molecule has 134 valence electrons. The number of hydrogen-bond acceptors (Lipinski definition) is 6. The molecule has 0 bridgehead atoms. The Bertz CT molecular complexity index is 705. The first-order valence-corrected chi connectivity index (χ1v) is 9.30. The van der Waals surface area contributed by atoms with Crippen molar-refractivity contribution in [3.8, 4) is 0 Å². The zero-order valence-electron chi connectivity index (χ0n) is 13.8. The lowest BCUT2D eigenvalue weighted by atomic mass is 10.0. The maximum Gasteiger partial charge on any atom is 0.308 e. The molecule has 7 nitrogen and oxygen atoms in total. The fourth-order valence-electron chi connectivity index (χ4n) is 3.24. The van der Waals surface area contributed by atoms with Gasteiger partial charge in [-0.15, -0.1) is 11.8 Å². The number of rotatable bonds is 7. The van der Waals surface area contributed by atoms with Crippen LogP contribution in [-0.2, 0) is 14.3 Å². The Hall–Kier alpha value is -2.06. The van der Waals surface area contributed by atoms with Crippen LogP contribution in [0.15, 0.2) is 34.0 Å². The molecule has 0 aliphatic carbocycles. The second-order valence-electron chi connectivity index (χ2n) is 5.95. The fraction of sp³-hybridized carbons (Fsp3) is 0.471. The number of furan rings is 1. The lowest BCUT2D eigenvalue weighted by Gasteiger charge is -2.27. The zero-order valence-corrected chi connectivity index (χ0v) is 14.6. The number of carboxylic acids is 1. The van der Waals surface area contributed by atoms with E-state index in [9.17, 15) is 19.5 Å². The third kappa shape index (κ3) is 3.50. The molecule has 1 saturated heterocycles. The van der Waals surface area contributed by atoms with Gasteiger partial charge in [0.15, 0.2) is 5.76 Å². The van der Waals surface area contributed by atoms with Gasteiger partial charge in [0, 0.05) is 24.3 Å². The summed E-state index contributed by atoms with van der Waals surface area (Å²) in [5.41, 5.74) is 0.235. The first kappa shape index (κ1) is 17.8. The topological polar surface area (TPSA) is 97.1 Å². The Kier molecular flexibility index (Phi) is 5.29. The highest BCUT2D eigenvalue weighted by molar-refractivity contribution is 7.99. The molecule has 25 heavy (non-hydrogen) atoms. The Morgan fingerprint density at radius 3 is 2.80 bits per heavy atom. The predicted molar refractivity (Wildman–Crippen MR) is 90.3 cm³/mol. The van der Waals surface area contributed by atoms with E-state index in [1.54, 1.807) is 17.2 Å². The van der Waals surface area contributed by atoms with Crippen LogP contribution in [0.25, 0.3) is 0 Å². The van der Waals surface area contributed by atoms with E-state index in [1.807, 2.05) is 0 Å². The first-order valence-electron chi connectivity index (χ1n) is 8.01. The van der Waals surface area contributed by atoms with Gasteiger partial charge in [0.05, 0.1) is 18.8 Å². The second kappa shape index (κ2) is 7.45. The molecule has 1 amide bonds. The molecular weight excluding hydrogens is 346 g/mol. The highest BCUT2D eigenvalue weighted by Gasteiger charge is 2.44. The third-order valence-electron chi connectivity index (χ3n) is 4.34. The van der Waals surface area contributed by atoms with Crippen LogP contribution < -0.4 is 0 Å². The number of carboxylic acid groups (broad SMARTS) is 1. The van der Waals surface area contributed by atoms with Crippen LogP contribution in [0.4, 0.5) is 0 Å². The summed E-state index contributed by atoms with van der Waals surface area (Å²) < 4.78 is 10.8. The molecule has 2 aliphatic heterocycles. The summed E-state index contributed by atoms with van der Waals surface area (Å²) in [6.07, 6.45) is 4.38. The Labute approximate surface area is 149 Å². The van der Waals surface area contributed by atoms with Crippen molar-refractivity contribution in [3.63, 3.8) is 0 Å². The average Bonchev–Trinajstić information content (AvgIpc) is 3.31. The largest absolute Gasteiger partial charge is 0.481 e. The average molecular weight is 365 g/mol. The van der Waals surface area contributed by atoms with Gasteiger partial charge in [0.1, 0.15) is 5.37 Å². The number of nitrogens with zero attached hydrogens (tertiary/aromatic N) is 1. The summed E-state index contributed by atoms with van der Waals surface area (Å²) in [7, 11) is 0. The highest BCUT2D eigenvalue weighted by atomic mass is 32.2. The number of aliphatic carboxylic acids is 1.